The van der Waals surface area contributed by atoms with Crippen LogP contribution in [0.5, 0.6) is 0 Å². The first-order valence-corrected chi connectivity index (χ1v) is 6.29. The van der Waals surface area contributed by atoms with E-state index in [2.05, 4.69) is 26.8 Å². The molecule has 1 aromatic rings. The van der Waals surface area contributed by atoms with Gasteiger partial charge < -0.3 is 3.53 Å². The Morgan fingerprint density at radius 1 is 1.78 bits per heavy atom. The van der Waals surface area contributed by atoms with Crippen molar-refractivity contribution in [3.8, 4) is 0 Å². The number of hydrogen-bond acceptors (Lipinski definition) is 1. The molecular weight excluding hydrogens is 244 g/mol. The molecule has 0 aliphatic heterocycles. The van der Waals surface area contributed by atoms with E-state index < -0.39 is 0 Å². The summed E-state index contributed by atoms with van der Waals surface area (Å²) in [4.78, 5) is 0. The molecule has 0 saturated heterocycles. The average molecular weight is 253 g/mol. The van der Waals surface area contributed by atoms with Crippen LogP contribution in [-0.2, 0) is 0 Å². The van der Waals surface area contributed by atoms with E-state index in [1.54, 1.807) is 0 Å². The summed E-state index contributed by atoms with van der Waals surface area (Å²) in [6.45, 7) is 2.13. The van der Waals surface area contributed by atoms with Gasteiger partial charge in [0.1, 0.15) is 0 Å². The van der Waals surface area contributed by atoms with Crippen LogP contribution in [0.2, 0.25) is 0 Å². The minimum absolute atomic E-state index is 0.0197. The summed E-state index contributed by atoms with van der Waals surface area (Å²) in [7, 11) is 0.862. The molecule has 1 rings (SSSR count). The molecule has 0 radical (unpaired) electrons. The lowest BCUT2D eigenvalue weighted by atomic mass is 10.4. The Balaban J connectivity index is 2.72. The summed E-state index contributed by atoms with van der Waals surface area (Å²) < 4.78 is 7.11. The van der Waals surface area contributed by atoms with Crippen LogP contribution in [0, 0.1) is 6.92 Å². The van der Waals surface area contributed by atoms with Gasteiger partial charge >= 0.3 is 0 Å². The van der Waals surface area contributed by atoms with E-state index in [0.29, 0.717) is 0 Å². The zero-order valence-corrected chi connectivity index (χ0v) is 8.40. The molecule has 0 aliphatic carbocycles. The van der Waals surface area contributed by atoms with Crippen molar-refractivity contribution in [2.45, 2.75) is 6.92 Å². The first kappa shape index (κ1) is 7.29. The second-order valence-corrected chi connectivity index (χ2v) is 4.24. The van der Waals surface area contributed by atoms with E-state index in [4.69, 9.17) is 0 Å². The van der Waals surface area contributed by atoms with Crippen molar-refractivity contribution >= 4 is 39.1 Å². The predicted molar refractivity (Wildman–Crippen MR) is 55.4 cm³/mol. The standard InChI is InChI=1S/C6H9INP/c1-5-3-6(8-7-2)9-4-5/h3-4,8-9H,2H2,1H3. The van der Waals surface area contributed by atoms with Gasteiger partial charge in [-0.05, 0) is 49.9 Å². The molecule has 50 valence electrons. The van der Waals surface area contributed by atoms with Crippen LogP contribution in [0.15, 0.2) is 11.9 Å². The Morgan fingerprint density at radius 2 is 2.56 bits per heavy atom. The maximum absolute atomic E-state index is 3.81. The van der Waals surface area contributed by atoms with E-state index in [1.807, 2.05) is 0 Å². The van der Waals surface area contributed by atoms with Gasteiger partial charge in [-0.2, -0.15) is 0 Å². The molecule has 1 unspecified atom stereocenters. The van der Waals surface area contributed by atoms with Crippen molar-refractivity contribution in [2.75, 3.05) is 3.53 Å². The average Bonchev–Trinajstić information content (AvgIpc) is 2.17. The number of nitrogens with one attached hydrogen (secondary N) is 1. The third-order valence-corrected chi connectivity index (χ3v) is 3.65. The molecule has 0 spiro atoms. The second kappa shape index (κ2) is 3.37. The first-order valence-electron chi connectivity index (χ1n) is 2.61. The summed E-state index contributed by atoms with van der Waals surface area (Å²) in [6, 6.07) is 2.20. The molecule has 9 heavy (non-hydrogen) atoms. The normalized spacial score (nSPS) is 10.3. The van der Waals surface area contributed by atoms with E-state index in [0.717, 1.165) is 8.19 Å². The molecule has 3 heteroatoms. The van der Waals surface area contributed by atoms with Crippen LogP contribution in [0.25, 0.3) is 0 Å². The summed E-state index contributed by atoms with van der Waals surface area (Å²) in [5.74, 6) is 2.25. The Hall–Kier alpha value is 0.180. The number of halogens is 1. The Kier molecular flexibility index (Phi) is 2.73. The lowest BCUT2D eigenvalue weighted by Gasteiger charge is -1.89. The molecule has 1 aromatic heterocycles. The van der Waals surface area contributed by atoms with Gasteiger partial charge in [-0.15, -0.1) is 8.19 Å². The molecule has 0 amide bonds. The largest absolute Gasteiger partial charge is 0.331 e. The summed E-state index contributed by atoms with van der Waals surface area (Å²) >= 11 is -0.0197. The number of rotatable bonds is 2. The Bertz CT molecular complexity index is 207. The lowest BCUT2D eigenvalue weighted by Crippen LogP contribution is -1.69. The third kappa shape index (κ3) is 2.11. The molecule has 0 fully saturated rings. The van der Waals surface area contributed by atoms with Crippen molar-refractivity contribution < 1.29 is 0 Å². The van der Waals surface area contributed by atoms with Gasteiger partial charge in [0, 0.05) is 0 Å². The highest BCUT2D eigenvalue weighted by atomic mass is 127. The van der Waals surface area contributed by atoms with Gasteiger partial charge in [0.05, 0.1) is 5.42 Å². The SMILES string of the molecule is C=INc1cc(C)c[pH]1. The molecule has 0 bridgehead atoms. The van der Waals surface area contributed by atoms with E-state index >= 15 is 0 Å². The Morgan fingerprint density at radius 3 is 3.00 bits per heavy atom. The highest BCUT2D eigenvalue weighted by Gasteiger charge is 1.88. The zero-order chi connectivity index (χ0) is 6.69. The molecule has 1 heterocycles. The van der Waals surface area contributed by atoms with Gasteiger partial charge in [0.2, 0.25) is 0 Å². The van der Waals surface area contributed by atoms with Gasteiger partial charge in [-0.25, -0.2) is 0 Å². The fourth-order valence-corrected chi connectivity index (χ4v) is 2.94. The van der Waals surface area contributed by atoms with E-state index in [-0.39, 0.29) is 21.0 Å². The highest BCUT2D eigenvalue weighted by Crippen LogP contribution is 2.26. The van der Waals surface area contributed by atoms with Crippen LogP contribution in [0.1, 0.15) is 5.56 Å². The van der Waals surface area contributed by atoms with Crippen molar-refractivity contribution in [2.24, 2.45) is 0 Å². The van der Waals surface area contributed by atoms with Crippen LogP contribution < -0.4 is 3.53 Å². The topological polar surface area (TPSA) is 12.0 Å². The fourth-order valence-electron chi connectivity index (χ4n) is 0.629. The van der Waals surface area contributed by atoms with E-state index in [9.17, 15) is 0 Å². The maximum atomic E-state index is 3.81. The molecular formula is C6H9INP. The molecule has 0 aliphatic rings. The van der Waals surface area contributed by atoms with Crippen LogP contribution >= 0.6 is 29.2 Å². The quantitative estimate of drug-likeness (QED) is 0.631. The van der Waals surface area contributed by atoms with Gasteiger partial charge in [0.25, 0.3) is 0 Å². The number of anilines is 1. The van der Waals surface area contributed by atoms with Crippen LogP contribution in [0.4, 0.5) is 5.42 Å². The molecule has 1 atom stereocenters. The monoisotopic (exact) mass is 253 g/mol. The van der Waals surface area contributed by atoms with Gasteiger partial charge in [-0.3, -0.25) is 0 Å². The number of hydrogen-bond donors (Lipinski definition) is 1. The fraction of sp³-hybridized carbons (Fsp3) is 0.167. The zero-order valence-electron chi connectivity index (χ0n) is 5.24. The van der Waals surface area contributed by atoms with Crippen LogP contribution in [-0.4, -0.2) is 4.51 Å². The van der Waals surface area contributed by atoms with Crippen molar-refractivity contribution in [3.05, 3.63) is 17.4 Å². The first-order chi connectivity index (χ1) is 4.33. The molecule has 0 saturated carbocycles. The molecule has 1 nitrogen and oxygen atoms in total. The second-order valence-electron chi connectivity index (χ2n) is 1.82. The molecule has 1 N–H and O–H groups in total. The minimum Gasteiger partial charge on any atom is -0.331 e. The third-order valence-electron chi connectivity index (χ3n) is 0.996. The lowest BCUT2D eigenvalue weighted by molar-refractivity contribution is 1.56. The van der Waals surface area contributed by atoms with Crippen molar-refractivity contribution in [1.82, 2.24) is 0 Å². The summed E-state index contributed by atoms with van der Waals surface area (Å²) in [5, 5.41) is 0. The van der Waals surface area contributed by atoms with Gasteiger partial charge in [-0.1, -0.05) is 0 Å². The van der Waals surface area contributed by atoms with E-state index in [1.165, 1.54) is 11.0 Å². The predicted octanol–water partition coefficient (Wildman–Crippen LogP) is 2.76. The number of aryl methyl sites for hydroxylation is 1. The Labute approximate surface area is 67.1 Å². The van der Waals surface area contributed by atoms with Gasteiger partial charge in [0.15, 0.2) is 0 Å². The summed E-state index contributed by atoms with van der Waals surface area (Å²) in [5.41, 5.74) is 2.75. The van der Waals surface area contributed by atoms with Crippen molar-refractivity contribution in [1.29, 1.82) is 0 Å². The highest BCUT2D eigenvalue weighted by molar-refractivity contribution is 14.2. The summed E-state index contributed by atoms with van der Waals surface area (Å²) in [6.07, 6.45) is 0. The smallest absolute Gasteiger partial charge is 0.0590 e. The van der Waals surface area contributed by atoms with Crippen molar-refractivity contribution in [3.63, 3.8) is 0 Å². The molecule has 0 aromatic carbocycles. The minimum atomic E-state index is -0.0197. The van der Waals surface area contributed by atoms with Crippen LogP contribution in [0.3, 0.4) is 0 Å². The maximum Gasteiger partial charge on any atom is 0.0590 e.